The van der Waals surface area contributed by atoms with Crippen molar-refractivity contribution < 1.29 is 13.2 Å². The summed E-state index contributed by atoms with van der Waals surface area (Å²) in [5, 5.41) is 2.95. The SMILES string of the molecule is CCNC(=O)N(CC)Cc1cnc(S(=O)(=O)Cc2ccccc2)n1C1CCCCC1. The summed E-state index contributed by atoms with van der Waals surface area (Å²) in [6, 6.07) is 9.15. The number of sulfone groups is 1. The molecule has 1 heterocycles. The first-order valence-electron chi connectivity index (χ1n) is 10.8. The third-order valence-electron chi connectivity index (χ3n) is 5.61. The van der Waals surface area contributed by atoms with Crippen molar-refractivity contribution in [3.8, 4) is 0 Å². The van der Waals surface area contributed by atoms with Gasteiger partial charge in [0, 0.05) is 19.1 Å². The van der Waals surface area contributed by atoms with Crippen LogP contribution in [0.5, 0.6) is 0 Å². The third-order valence-corrected chi connectivity index (χ3v) is 7.18. The second-order valence-corrected chi connectivity index (χ2v) is 9.67. The molecule has 1 aliphatic rings. The lowest BCUT2D eigenvalue weighted by Gasteiger charge is -2.28. The highest BCUT2D eigenvalue weighted by atomic mass is 32.2. The summed E-state index contributed by atoms with van der Waals surface area (Å²) < 4.78 is 28.5. The van der Waals surface area contributed by atoms with Gasteiger partial charge in [-0.05, 0) is 32.3 Å². The molecule has 3 rings (SSSR count). The van der Waals surface area contributed by atoms with E-state index in [-0.39, 0.29) is 23.0 Å². The maximum Gasteiger partial charge on any atom is 0.317 e. The van der Waals surface area contributed by atoms with E-state index in [1.807, 2.05) is 48.7 Å². The van der Waals surface area contributed by atoms with Gasteiger partial charge in [-0.3, -0.25) is 0 Å². The Kier molecular flexibility index (Phi) is 7.53. The molecule has 1 fully saturated rings. The maximum absolute atomic E-state index is 13.3. The zero-order chi connectivity index (χ0) is 21.6. The van der Waals surface area contributed by atoms with E-state index in [1.165, 1.54) is 6.42 Å². The van der Waals surface area contributed by atoms with Crippen LogP contribution in [0.15, 0.2) is 41.7 Å². The maximum atomic E-state index is 13.3. The molecular formula is C22H32N4O3S. The highest BCUT2D eigenvalue weighted by Gasteiger charge is 2.29. The molecule has 164 valence electrons. The summed E-state index contributed by atoms with van der Waals surface area (Å²) in [5.74, 6) is -0.0785. The van der Waals surface area contributed by atoms with E-state index in [9.17, 15) is 13.2 Å². The summed E-state index contributed by atoms with van der Waals surface area (Å²) in [5.41, 5.74) is 1.52. The number of hydrogen-bond acceptors (Lipinski definition) is 4. The zero-order valence-corrected chi connectivity index (χ0v) is 18.7. The summed E-state index contributed by atoms with van der Waals surface area (Å²) in [6.45, 7) is 5.23. The Morgan fingerprint density at radius 1 is 1.17 bits per heavy atom. The van der Waals surface area contributed by atoms with Gasteiger partial charge in [-0.25, -0.2) is 18.2 Å². The van der Waals surface area contributed by atoms with Crippen LogP contribution in [0.3, 0.4) is 0 Å². The Bertz CT molecular complexity index is 935. The minimum absolute atomic E-state index is 0.0785. The number of carbonyl (C=O) groups is 1. The molecule has 1 aliphatic carbocycles. The molecule has 0 saturated heterocycles. The van der Waals surface area contributed by atoms with E-state index in [0.717, 1.165) is 36.9 Å². The Labute approximate surface area is 179 Å². The molecule has 1 aromatic heterocycles. The standard InChI is InChI=1S/C22H32N4O3S/c1-3-23-21(27)25(4-2)16-20-15-24-22(26(20)19-13-9-6-10-14-19)30(28,29)17-18-11-7-5-8-12-18/h5,7-8,11-12,15,19H,3-4,6,9-10,13-14,16-17H2,1-2H3,(H,23,27). The van der Waals surface area contributed by atoms with Crippen molar-refractivity contribution in [1.82, 2.24) is 19.8 Å². The van der Waals surface area contributed by atoms with Gasteiger partial charge in [0.05, 0.1) is 24.2 Å². The number of benzene rings is 1. The van der Waals surface area contributed by atoms with Crippen LogP contribution in [0.2, 0.25) is 0 Å². The number of hydrogen-bond donors (Lipinski definition) is 1. The normalized spacial score (nSPS) is 15.1. The Balaban J connectivity index is 1.96. The fourth-order valence-electron chi connectivity index (χ4n) is 4.10. The van der Waals surface area contributed by atoms with Gasteiger partial charge in [0.1, 0.15) is 0 Å². The molecule has 0 atom stereocenters. The average Bonchev–Trinajstić information content (AvgIpc) is 3.18. The lowest BCUT2D eigenvalue weighted by atomic mass is 9.95. The molecule has 0 spiro atoms. The van der Waals surface area contributed by atoms with Crippen LogP contribution in [0.1, 0.15) is 63.3 Å². The number of imidazole rings is 1. The van der Waals surface area contributed by atoms with Crippen molar-refractivity contribution in [2.24, 2.45) is 0 Å². The molecule has 0 bridgehead atoms. The van der Waals surface area contributed by atoms with Crippen molar-refractivity contribution in [1.29, 1.82) is 0 Å². The summed E-state index contributed by atoms with van der Waals surface area (Å²) in [4.78, 5) is 18.4. The van der Waals surface area contributed by atoms with Crippen molar-refractivity contribution in [2.75, 3.05) is 13.1 Å². The van der Waals surface area contributed by atoms with E-state index >= 15 is 0 Å². The summed E-state index contributed by atoms with van der Waals surface area (Å²) in [7, 11) is -3.61. The molecule has 1 N–H and O–H groups in total. The van der Waals surface area contributed by atoms with Crippen molar-refractivity contribution in [3.63, 3.8) is 0 Å². The number of amides is 2. The van der Waals surface area contributed by atoms with Gasteiger partial charge in [0.25, 0.3) is 0 Å². The fraction of sp³-hybridized carbons (Fsp3) is 0.545. The van der Waals surface area contributed by atoms with E-state index in [4.69, 9.17) is 0 Å². The van der Waals surface area contributed by atoms with E-state index in [1.54, 1.807) is 11.1 Å². The number of nitrogens with one attached hydrogen (secondary N) is 1. The fourth-order valence-corrected chi connectivity index (χ4v) is 5.64. The predicted octanol–water partition coefficient (Wildman–Crippen LogP) is 3.91. The van der Waals surface area contributed by atoms with Gasteiger partial charge in [0.15, 0.2) is 0 Å². The number of carbonyl (C=O) groups excluding carboxylic acids is 1. The summed E-state index contributed by atoms with van der Waals surface area (Å²) >= 11 is 0. The van der Waals surface area contributed by atoms with Crippen LogP contribution < -0.4 is 5.32 Å². The van der Waals surface area contributed by atoms with Gasteiger partial charge in [-0.2, -0.15) is 0 Å². The molecule has 2 aromatic rings. The second-order valence-electron chi connectivity index (χ2n) is 7.79. The number of aromatic nitrogens is 2. The molecule has 1 aromatic carbocycles. The Morgan fingerprint density at radius 3 is 2.50 bits per heavy atom. The van der Waals surface area contributed by atoms with E-state index < -0.39 is 9.84 Å². The monoisotopic (exact) mass is 432 g/mol. The first-order chi connectivity index (χ1) is 14.5. The van der Waals surface area contributed by atoms with Crippen LogP contribution in [-0.2, 0) is 22.1 Å². The Morgan fingerprint density at radius 2 is 1.87 bits per heavy atom. The third kappa shape index (κ3) is 5.22. The van der Waals surface area contributed by atoms with Crippen molar-refractivity contribution >= 4 is 15.9 Å². The molecular weight excluding hydrogens is 400 g/mol. The van der Waals surface area contributed by atoms with Gasteiger partial charge < -0.3 is 14.8 Å². The molecule has 2 amide bonds. The number of urea groups is 1. The van der Waals surface area contributed by atoms with Crippen LogP contribution in [0.4, 0.5) is 4.79 Å². The molecule has 7 nitrogen and oxygen atoms in total. The van der Waals surface area contributed by atoms with Gasteiger partial charge >= 0.3 is 6.03 Å². The molecule has 0 radical (unpaired) electrons. The van der Waals surface area contributed by atoms with Crippen molar-refractivity contribution in [3.05, 3.63) is 47.8 Å². The largest absolute Gasteiger partial charge is 0.338 e. The highest BCUT2D eigenvalue weighted by molar-refractivity contribution is 7.90. The van der Waals surface area contributed by atoms with E-state index in [0.29, 0.717) is 19.6 Å². The lowest BCUT2D eigenvalue weighted by Crippen LogP contribution is -2.39. The van der Waals surface area contributed by atoms with Crippen LogP contribution >= 0.6 is 0 Å². The zero-order valence-electron chi connectivity index (χ0n) is 17.9. The number of nitrogens with zero attached hydrogens (tertiary/aromatic N) is 3. The Hall–Kier alpha value is -2.35. The molecule has 30 heavy (non-hydrogen) atoms. The van der Waals surface area contributed by atoms with Gasteiger partial charge in [-0.15, -0.1) is 0 Å². The minimum atomic E-state index is -3.61. The summed E-state index contributed by atoms with van der Waals surface area (Å²) in [6.07, 6.45) is 6.83. The van der Waals surface area contributed by atoms with Crippen LogP contribution in [-0.4, -0.2) is 42.0 Å². The lowest BCUT2D eigenvalue weighted by molar-refractivity contribution is 0.196. The minimum Gasteiger partial charge on any atom is -0.338 e. The van der Waals surface area contributed by atoms with Gasteiger partial charge in [0.2, 0.25) is 15.0 Å². The molecule has 8 heteroatoms. The quantitative estimate of drug-likeness (QED) is 0.685. The van der Waals surface area contributed by atoms with Crippen LogP contribution in [0, 0.1) is 0 Å². The average molecular weight is 433 g/mol. The van der Waals surface area contributed by atoms with E-state index in [2.05, 4.69) is 10.3 Å². The molecule has 0 unspecified atom stereocenters. The van der Waals surface area contributed by atoms with Crippen LogP contribution in [0.25, 0.3) is 0 Å². The highest BCUT2D eigenvalue weighted by Crippen LogP contribution is 2.33. The first-order valence-corrected chi connectivity index (χ1v) is 12.5. The molecule has 0 aliphatic heterocycles. The van der Waals surface area contributed by atoms with Gasteiger partial charge in [-0.1, -0.05) is 49.6 Å². The topological polar surface area (TPSA) is 84.3 Å². The second kappa shape index (κ2) is 10.1. The number of rotatable bonds is 8. The first kappa shape index (κ1) is 22.3. The smallest absolute Gasteiger partial charge is 0.317 e. The van der Waals surface area contributed by atoms with Crippen molar-refractivity contribution in [2.45, 2.75) is 69.4 Å². The predicted molar refractivity (Wildman–Crippen MR) is 117 cm³/mol. The molecule has 1 saturated carbocycles.